The van der Waals surface area contributed by atoms with E-state index in [1.165, 1.54) is 19.3 Å². The fraction of sp³-hybridized carbons (Fsp3) is 0.571. The van der Waals surface area contributed by atoms with Gasteiger partial charge in [-0.3, -0.25) is 14.4 Å². The Morgan fingerprint density at radius 2 is 1.70 bits per heavy atom. The molecule has 146 valence electrons. The summed E-state index contributed by atoms with van der Waals surface area (Å²) in [5.74, 6) is 0.102. The first-order chi connectivity index (χ1) is 13.1. The van der Waals surface area contributed by atoms with Crippen LogP contribution in [0, 0.1) is 11.8 Å². The molecule has 0 unspecified atom stereocenters. The van der Waals surface area contributed by atoms with Crippen molar-refractivity contribution in [1.82, 2.24) is 10.6 Å². The van der Waals surface area contributed by atoms with Gasteiger partial charge in [0.2, 0.25) is 17.7 Å². The van der Waals surface area contributed by atoms with Gasteiger partial charge in [0.25, 0.3) is 0 Å². The van der Waals surface area contributed by atoms with Crippen molar-refractivity contribution < 1.29 is 14.4 Å². The average Bonchev–Trinajstić information content (AvgIpc) is 3.08. The van der Waals surface area contributed by atoms with Crippen LogP contribution in [0.1, 0.15) is 44.9 Å². The molecule has 6 heteroatoms. The smallest absolute Gasteiger partial charge is 0.227 e. The van der Waals surface area contributed by atoms with Crippen molar-refractivity contribution in [3.8, 4) is 0 Å². The highest BCUT2D eigenvalue weighted by molar-refractivity contribution is 6.00. The van der Waals surface area contributed by atoms with Crippen LogP contribution >= 0.6 is 0 Å². The van der Waals surface area contributed by atoms with Gasteiger partial charge in [0.1, 0.15) is 0 Å². The topological polar surface area (TPSA) is 78.5 Å². The normalized spacial score (nSPS) is 20.5. The Morgan fingerprint density at radius 3 is 2.44 bits per heavy atom. The summed E-state index contributed by atoms with van der Waals surface area (Å²) < 4.78 is 0. The number of carbonyl (C=O) groups excluding carboxylic acids is 3. The van der Waals surface area contributed by atoms with E-state index in [4.69, 9.17) is 0 Å². The molecule has 1 aliphatic heterocycles. The summed E-state index contributed by atoms with van der Waals surface area (Å²) in [5.41, 5.74) is 0.827. The van der Waals surface area contributed by atoms with Gasteiger partial charge in [0.05, 0.1) is 5.92 Å². The van der Waals surface area contributed by atoms with Gasteiger partial charge in [-0.25, -0.2) is 0 Å². The number of carbonyl (C=O) groups is 3. The molecule has 1 aromatic rings. The molecule has 1 saturated heterocycles. The SMILES string of the molecule is O=C(CC1CCCCC1)NCCNC(=O)[C@H]1CC(=O)N(c2ccccc2)C1. The Morgan fingerprint density at radius 1 is 1.00 bits per heavy atom. The fourth-order valence-corrected chi connectivity index (χ4v) is 4.00. The van der Waals surface area contributed by atoms with Crippen molar-refractivity contribution in [1.29, 1.82) is 0 Å². The molecule has 1 aliphatic carbocycles. The fourth-order valence-electron chi connectivity index (χ4n) is 4.00. The summed E-state index contributed by atoms with van der Waals surface area (Å²) >= 11 is 0. The zero-order chi connectivity index (χ0) is 19.1. The van der Waals surface area contributed by atoms with Gasteiger partial charge in [0, 0.05) is 38.2 Å². The lowest BCUT2D eigenvalue weighted by atomic mass is 9.87. The number of hydrogen-bond acceptors (Lipinski definition) is 3. The summed E-state index contributed by atoms with van der Waals surface area (Å²) in [4.78, 5) is 38.2. The second kappa shape index (κ2) is 9.53. The first-order valence-electron chi connectivity index (χ1n) is 10.0. The van der Waals surface area contributed by atoms with Crippen LogP contribution in [0.5, 0.6) is 0 Å². The number of rotatable bonds is 7. The van der Waals surface area contributed by atoms with Crippen molar-refractivity contribution in [2.24, 2.45) is 11.8 Å². The van der Waals surface area contributed by atoms with Crippen LogP contribution in [-0.4, -0.2) is 37.4 Å². The third kappa shape index (κ3) is 5.55. The molecule has 1 aromatic carbocycles. The highest BCUT2D eigenvalue weighted by atomic mass is 16.2. The van der Waals surface area contributed by atoms with Crippen LogP contribution in [0.25, 0.3) is 0 Å². The number of hydrogen-bond donors (Lipinski definition) is 2. The van der Waals surface area contributed by atoms with E-state index < -0.39 is 0 Å². The van der Waals surface area contributed by atoms with Gasteiger partial charge in [0.15, 0.2) is 0 Å². The third-order valence-corrected chi connectivity index (χ3v) is 5.51. The quantitative estimate of drug-likeness (QED) is 0.722. The zero-order valence-electron chi connectivity index (χ0n) is 15.8. The number of para-hydroxylation sites is 1. The average molecular weight is 371 g/mol. The van der Waals surface area contributed by atoms with Crippen LogP contribution in [0.15, 0.2) is 30.3 Å². The van der Waals surface area contributed by atoms with Gasteiger partial charge < -0.3 is 15.5 Å². The van der Waals surface area contributed by atoms with E-state index >= 15 is 0 Å². The highest BCUT2D eigenvalue weighted by Gasteiger charge is 2.34. The maximum atomic E-state index is 12.3. The van der Waals surface area contributed by atoms with Crippen molar-refractivity contribution in [3.05, 3.63) is 30.3 Å². The van der Waals surface area contributed by atoms with E-state index in [0.717, 1.165) is 18.5 Å². The predicted octanol–water partition coefficient (Wildman–Crippen LogP) is 2.24. The number of nitrogens with one attached hydrogen (secondary N) is 2. The molecule has 0 radical (unpaired) electrons. The molecule has 2 aliphatic rings. The van der Waals surface area contributed by atoms with Crippen molar-refractivity contribution >= 4 is 23.4 Å². The molecule has 3 rings (SSSR count). The molecule has 0 bridgehead atoms. The lowest BCUT2D eigenvalue weighted by molar-refractivity contribution is -0.126. The van der Waals surface area contributed by atoms with E-state index in [2.05, 4.69) is 10.6 Å². The summed E-state index contributed by atoms with van der Waals surface area (Å²) in [6.07, 6.45) is 6.87. The number of benzene rings is 1. The van der Waals surface area contributed by atoms with Gasteiger partial charge in [-0.05, 0) is 30.9 Å². The minimum Gasteiger partial charge on any atom is -0.354 e. The standard InChI is InChI=1S/C21H29N3O3/c25-19(13-16-7-3-1-4-8-16)22-11-12-23-21(27)17-14-20(26)24(15-17)18-9-5-2-6-10-18/h2,5-6,9-10,16-17H,1,3-4,7-8,11-15H2,(H,22,25)(H,23,27)/t17-/m0/s1. The second-order valence-electron chi connectivity index (χ2n) is 7.59. The van der Waals surface area contributed by atoms with E-state index in [-0.39, 0.29) is 30.1 Å². The van der Waals surface area contributed by atoms with Crippen molar-refractivity contribution in [3.63, 3.8) is 0 Å². The largest absolute Gasteiger partial charge is 0.354 e. The lowest BCUT2D eigenvalue weighted by Gasteiger charge is -2.20. The molecule has 0 aromatic heterocycles. The maximum Gasteiger partial charge on any atom is 0.227 e. The minimum atomic E-state index is -0.337. The molecule has 2 N–H and O–H groups in total. The number of nitrogens with zero attached hydrogens (tertiary/aromatic N) is 1. The molecule has 2 fully saturated rings. The molecular formula is C21H29N3O3. The Hall–Kier alpha value is -2.37. The molecule has 0 spiro atoms. The third-order valence-electron chi connectivity index (χ3n) is 5.51. The summed E-state index contributed by atoms with van der Waals surface area (Å²) in [6, 6.07) is 9.41. The molecule has 1 saturated carbocycles. The van der Waals surface area contributed by atoms with E-state index in [1.807, 2.05) is 30.3 Å². The number of anilines is 1. The Bertz CT molecular complexity index is 656. The van der Waals surface area contributed by atoms with Crippen LogP contribution in [0.4, 0.5) is 5.69 Å². The minimum absolute atomic E-state index is 0.0258. The number of amides is 3. The van der Waals surface area contributed by atoms with E-state index in [1.54, 1.807) is 4.90 Å². The van der Waals surface area contributed by atoms with Gasteiger partial charge in [-0.2, -0.15) is 0 Å². The molecule has 6 nitrogen and oxygen atoms in total. The van der Waals surface area contributed by atoms with Gasteiger partial charge in [-0.15, -0.1) is 0 Å². The highest BCUT2D eigenvalue weighted by Crippen LogP contribution is 2.26. The van der Waals surface area contributed by atoms with Crippen LogP contribution < -0.4 is 15.5 Å². The first-order valence-corrected chi connectivity index (χ1v) is 10.0. The van der Waals surface area contributed by atoms with Crippen LogP contribution in [0.3, 0.4) is 0 Å². The van der Waals surface area contributed by atoms with Gasteiger partial charge >= 0.3 is 0 Å². The van der Waals surface area contributed by atoms with Crippen molar-refractivity contribution in [2.45, 2.75) is 44.9 Å². The molecule has 1 heterocycles. The Labute approximate surface area is 160 Å². The first kappa shape index (κ1) is 19.4. The Kier molecular flexibility index (Phi) is 6.85. The predicted molar refractivity (Wildman–Crippen MR) is 104 cm³/mol. The Balaban J connectivity index is 1.35. The summed E-state index contributed by atoms with van der Waals surface area (Å²) in [6.45, 7) is 1.23. The van der Waals surface area contributed by atoms with Crippen LogP contribution in [0.2, 0.25) is 0 Å². The van der Waals surface area contributed by atoms with Gasteiger partial charge in [-0.1, -0.05) is 37.5 Å². The zero-order valence-corrected chi connectivity index (χ0v) is 15.8. The van der Waals surface area contributed by atoms with Crippen molar-refractivity contribution in [2.75, 3.05) is 24.5 Å². The summed E-state index contributed by atoms with van der Waals surface area (Å²) in [7, 11) is 0. The second-order valence-corrected chi connectivity index (χ2v) is 7.59. The van der Waals surface area contributed by atoms with Crippen LogP contribution in [-0.2, 0) is 14.4 Å². The molecule has 27 heavy (non-hydrogen) atoms. The van der Waals surface area contributed by atoms with E-state index in [0.29, 0.717) is 32.0 Å². The monoisotopic (exact) mass is 371 g/mol. The summed E-state index contributed by atoms with van der Waals surface area (Å²) in [5, 5.41) is 5.73. The molecule has 1 atom stereocenters. The molecule has 3 amide bonds. The van der Waals surface area contributed by atoms with E-state index in [9.17, 15) is 14.4 Å². The maximum absolute atomic E-state index is 12.3. The molecular weight excluding hydrogens is 342 g/mol. The lowest BCUT2D eigenvalue weighted by Crippen LogP contribution is -2.38.